The van der Waals surface area contributed by atoms with Crippen molar-refractivity contribution >= 4 is 27.8 Å². The first-order valence-corrected chi connectivity index (χ1v) is 10.3. The molecule has 3 heterocycles. The molecule has 0 aromatic carbocycles. The summed E-state index contributed by atoms with van der Waals surface area (Å²) in [6, 6.07) is 0. The molecule has 3 nitrogen and oxygen atoms in total. The third kappa shape index (κ3) is 2.81. The Kier molecular flexibility index (Phi) is 5.55. The first kappa shape index (κ1) is 16.7. The van der Waals surface area contributed by atoms with Crippen LogP contribution in [0.2, 0.25) is 0 Å². The number of hydrogen-bond acceptors (Lipinski definition) is 3. The second-order valence-corrected chi connectivity index (χ2v) is 11.3. The van der Waals surface area contributed by atoms with E-state index in [0.29, 0.717) is 11.3 Å². The standard InChI is InChI=1S/C14H20O3P2.Rh/c1-9-5-3-7-18(9)11-12(14(16)17-13(11)15)19-8-4-6-10(19)2;/h7-10,18-19H,3-6H2,1-2H3;/q;+2/t9-,10-;/m1./s1. The topological polar surface area (TPSA) is 43.4 Å². The minimum atomic E-state index is -0.992. The smallest absolute Gasteiger partial charge is 0.381 e. The molecule has 1 radical (unpaired) electrons. The molecule has 3 aliphatic rings. The Bertz CT molecular complexity index is 423. The van der Waals surface area contributed by atoms with Gasteiger partial charge in [-0.05, 0) is 26.7 Å². The summed E-state index contributed by atoms with van der Waals surface area (Å²) < 4.78 is 4.97. The van der Waals surface area contributed by atoms with Gasteiger partial charge in [0, 0.05) is 11.3 Å². The van der Waals surface area contributed by atoms with Gasteiger partial charge in [0.2, 0.25) is 0 Å². The van der Waals surface area contributed by atoms with Crippen LogP contribution in [0.15, 0.2) is 10.6 Å². The molecule has 111 valence electrons. The molecule has 6 heteroatoms. The van der Waals surface area contributed by atoms with Gasteiger partial charge in [-0.25, -0.2) is 9.59 Å². The summed E-state index contributed by atoms with van der Waals surface area (Å²) in [5.41, 5.74) is 1.10. The molecule has 0 aliphatic carbocycles. The van der Waals surface area contributed by atoms with Gasteiger partial charge < -0.3 is 4.74 Å². The number of esters is 2. The maximum absolute atomic E-state index is 12.1. The van der Waals surface area contributed by atoms with Gasteiger partial charge in [-0.15, -0.1) is 12.8 Å². The van der Waals surface area contributed by atoms with E-state index in [1.165, 1.54) is 0 Å². The zero-order valence-corrected chi connectivity index (χ0v) is 15.3. The Morgan fingerprint density at radius 1 is 0.950 bits per heavy atom. The average Bonchev–Trinajstić information content (AvgIpc) is 3.00. The van der Waals surface area contributed by atoms with Gasteiger partial charge in [-0.3, -0.25) is 0 Å². The molecular weight excluding hydrogens is 381 g/mol. The number of cyclic esters (lactones) is 2. The second-order valence-electron chi connectivity index (χ2n) is 5.70. The van der Waals surface area contributed by atoms with Crippen LogP contribution in [-0.2, 0) is 33.8 Å². The summed E-state index contributed by atoms with van der Waals surface area (Å²) >= 11 is 0. The summed E-state index contributed by atoms with van der Waals surface area (Å²) in [5, 5.41) is 1.61. The van der Waals surface area contributed by atoms with E-state index in [2.05, 4.69) is 26.2 Å². The predicted octanol–water partition coefficient (Wildman–Crippen LogP) is 3.40. The molecule has 3 aliphatic heterocycles. The van der Waals surface area contributed by atoms with Gasteiger partial charge in [-0.2, -0.15) is 12.3 Å². The quantitative estimate of drug-likeness (QED) is 0.234. The Labute approximate surface area is 135 Å². The molecule has 2 unspecified atom stereocenters. The van der Waals surface area contributed by atoms with Crippen molar-refractivity contribution in [2.75, 3.05) is 0 Å². The van der Waals surface area contributed by atoms with E-state index in [1.807, 2.05) is 0 Å². The number of ether oxygens (including phenoxy) is 1. The molecule has 2 saturated heterocycles. The Balaban J connectivity index is 0.00000147. The number of rotatable bonds is 2. The molecule has 0 amide bonds. The van der Waals surface area contributed by atoms with Crippen molar-refractivity contribution in [3.63, 3.8) is 0 Å². The SMILES string of the molecule is C[C@@H]1CC[CH-][PH+]1C1=C([PH+]2[CH-]CC[C@H]2C)C(=O)OC1=O.[Rh+2]. The summed E-state index contributed by atoms with van der Waals surface area (Å²) in [5.74, 6) is -0.659. The fourth-order valence-corrected chi connectivity index (χ4v) is 9.63. The van der Waals surface area contributed by atoms with Crippen LogP contribution in [-0.4, -0.2) is 23.3 Å². The molecular formula is C14H20O3P2Rh+2. The van der Waals surface area contributed by atoms with Crippen LogP contribution in [0.1, 0.15) is 39.5 Å². The van der Waals surface area contributed by atoms with E-state index in [0.717, 1.165) is 36.3 Å². The zero-order chi connectivity index (χ0) is 13.6. The maximum atomic E-state index is 12.1. The largest absolute Gasteiger partial charge is 2.00 e. The van der Waals surface area contributed by atoms with E-state index < -0.39 is 15.8 Å². The van der Waals surface area contributed by atoms with E-state index >= 15 is 0 Å². The van der Waals surface area contributed by atoms with Gasteiger partial charge >= 0.3 is 31.4 Å². The summed E-state index contributed by atoms with van der Waals surface area (Å²) in [4.78, 5) is 24.2. The van der Waals surface area contributed by atoms with E-state index in [-0.39, 0.29) is 31.4 Å². The Hall–Kier alpha value is 0.363. The van der Waals surface area contributed by atoms with Crippen molar-refractivity contribution in [1.82, 2.24) is 0 Å². The molecule has 0 spiro atoms. The third-order valence-corrected chi connectivity index (χ3v) is 10.9. The Morgan fingerprint density at radius 3 is 1.65 bits per heavy atom. The second kappa shape index (κ2) is 6.64. The van der Waals surface area contributed by atoms with Gasteiger partial charge in [-0.1, -0.05) is 15.8 Å². The van der Waals surface area contributed by atoms with Gasteiger partial charge in [0.1, 0.15) is 0 Å². The van der Waals surface area contributed by atoms with Crippen molar-refractivity contribution in [3.8, 4) is 0 Å². The third-order valence-electron chi connectivity index (χ3n) is 4.41. The van der Waals surface area contributed by atoms with Crippen molar-refractivity contribution < 1.29 is 33.8 Å². The molecule has 4 atom stereocenters. The first-order valence-electron chi connectivity index (χ1n) is 7.01. The van der Waals surface area contributed by atoms with Crippen molar-refractivity contribution in [3.05, 3.63) is 23.0 Å². The van der Waals surface area contributed by atoms with Crippen LogP contribution in [0.3, 0.4) is 0 Å². The van der Waals surface area contributed by atoms with Crippen LogP contribution in [0.4, 0.5) is 0 Å². The zero-order valence-electron chi connectivity index (χ0n) is 11.7. The molecule has 2 fully saturated rings. The molecule has 0 bridgehead atoms. The van der Waals surface area contributed by atoms with Crippen LogP contribution < -0.4 is 0 Å². The number of hydrogen-bond donors (Lipinski definition) is 0. The van der Waals surface area contributed by atoms with E-state index in [1.54, 1.807) is 0 Å². The molecule has 3 rings (SSSR count). The molecule has 0 N–H and O–H groups in total. The minimum absolute atomic E-state index is 0. The molecule has 0 saturated carbocycles. The van der Waals surface area contributed by atoms with Crippen LogP contribution in [0.25, 0.3) is 0 Å². The van der Waals surface area contributed by atoms with E-state index in [9.17, 15) is 9.59 Å². The van der Waals surface area contributed by atoms with E-state index in [4.69, 9.17) is 4.74 Å². The maximum Gasteiger partial charge on any atom is 2.00 e. The Morgan fingerprint density at radius 2 is 1.35 bits per heavy atom. The van der Waals surface area contributed by atoms with Crippen LogP contribution in [0.5, 0.6) is 0 Å². The van der Waals surface area contributed by atoms with Gasteiger partial charge in [0.15, 0.2) is 10.6 Å². The van der Waals surface area contributed by atoms with Crippen molar-refractivity contribution in [2.24, 2.45) is 0 Å². The molecule has 0 aromatic rings. The van der Waals surface area contributed by atoms with Crippen LogP contribution in [0, 0.1) is 12.3 Å². The van der Waals surface area contributed by atoms with Gasteiger partial charge in [0.05, 0.1) is 0 Å². The predicted molar refractivity (Wildman–Crippen MR) is 80.7 cm³/mol. The molecule has 0 aromatic heterocycles. The summed E-state index contributed by atoms with van der Waals surface area (Å²) in [6.45, 7) is 4.41. The normalized spacial score (nSPS) is 37.3. The van der Waals surface area contributed by atoms with Crippen LogP contribution >= 0.6 is 15.8 Å². The van der Waals surface area contributed by atoms with Crippen molar-refractivity contribution in [2.45, 2.75) is 50.8 Å². The summed E-state index contributed by atoms with van der Waals surface area (Å²) in [7, 11) is -1.98. The summed E-state index contributed by atoms with van der Waals surface area (Å²) in [6.07, 6.45) is 9.05. The number of carbonyl (C=O) groups is 2. The molecule has 20 heavy (non-hydrogen) atoms. The number of carbonyl (C=O) groups excluding carboxylic acids is 2. The minimum Gasteiger partial charge on any atom is -0.381 e. The van der Waals surface area contributed by atoms with Gasteiger partial charge in [0.25, 0.3) is 0 Å². The van der Waals surface area contributed by atoms with Crippen molar-refractivity contribution in [1.29, 1.82) is 0 Å². The monoisotopic (exact) mass is 401 g/mol. The first-order chi connectivity index (χ1) is 9.09. The average molecular weight is 401 g/mol. The fourth-order valence-electron chi connectivity index (χ4n) is 3.30. The fraction of sp³-hybridized carbons (Fsp3) is 0.571.